The summed E-state index contributed by atoms with van der Waals surface area (Å²) in [6.07, 6.45) is 5.39. The van der Waals surface area contributed by atoms with E-state index in [1.165, 1.54) is 12.8 Å². The van der Waals surface area contributed by atoms with E-state index in [1.54, 1.807) is 0 Å². The van der Waals surface area contributed by atoms with Crippen molar-refractivity contribution in [2.75, 3.05) is 26.7 Å². The van der Waals surface area contributed by atoms with Gasteiger partial charge in [0.15, 0.2) is 0 Å². The second-order valence-electron chi connectivity index (χ2n) is 4.69. The molecule has 0 spiro atoms. The number of rotatable bonds is 4. The standard InChI is InChI=1S/C13H24N2O/c1-4-6-11(2)13(16)15(3)10-12-7-5-8-14-9-12/h6,12,14H,4-5,7-10H2,1-3H3/b11-6-. The Morgan fingerprint density at radius 2 is 2.31 bits per heavy atom. The van der Waals surface area contributed by atoms with Gasteiger partial charge in [-0.05, 0) is 45.2 Å². The lowest BCUT2D eigenvalue weighted by molar-refractivity contribution is -0.126. The molecule has 0 radical (unpaired) electrons. The van der Waals surface area contributed by atoms with Crippen molar-refractivity contribution >= 4 is 5.91 Å². The number of hydrogen-bond acceptors (Lipinski definition) is 2. The molecule has 1 unspecified atom stereocenters. The lowest BCUT2D eigenvalue weighted by atomic mass is 9.99. The first-order chi connectivity index (χ1) is 7.65. The van der Waals surface area contributed by atoms with E-state index in [9.17, 15) is 4.79 Å². The van der Waals surface area contributed by atoms with E-state index in [4.69, 9.17) is 0 Å². The number of likely N-dealkylation sites (N-methyl/N-ethyl adjacent to an activating group) is 1. The quantitative estimate of drug-likeness (QED) is 0.739. The van der Waals surface area contributed by atoms with Crippen LogP contribution in [-0.4, -0.2) is 37.5 Å². The molecule has 0 aromatic carbocycles. The van der Waals surface area contributed by atoms with Gasteiger partial charge in [0.1, 0.15) is 0 Å². The highest BCUT2D eigenvalue weighted by molar-refractivity contribution is 5.92. The molecule has 16 heavy (non-hydrogen) atoms. The van der Waals surface area contributed by atoms with Gasteiger partial charge in [0.05, 0.1) is 0 Å². The molecule has 92 valence electrons. The van der Waals surface area contributed by atoms with Crippen LogP contribution in [0.1, 0.15) is 33.1 Å². The third kappa shape index (κ3) is 3.97. The molecule has 1 aliphatic heterocycles. The van der Waals surface area contributed by atoms with Crippen LogP contribution in [0.2, 0.25) is 0 Å². The molecule has 0 aromatic rings. The van der Waals surface area contributed by atoms with Crippen LogP contribution < -0.4 is 5.32 Å². The Morgan fingerprint density at radius 3 is 2.88 bits per heavy atom. The van der Waals surface area contributed by atoms with Crippen LogP contribution in [0, 0.1) is 5.92 Å². The summed E-state index contributed by atoms with van der Waals surface area (Å²) in [5.74, 6) is 0.796. The molecule has 1 atom stereocenters. The smallest absolute Gasteiger partial charge is 0.248 e. The SMILES string of the molecule is CC/C=C(/C)C(=O)N(C)CC1CCCNC1. The van der Waals surface area contributed by atoms with Crippen molar-refractivity contribution in [2.24, 2.45) is 5.92 Å². The Morgan fingerprint density at radius 1 is 1.56 bits per heavy atom. The second-order valence-corrected chi connectivity index (χ2v) is 4.69. The fraction of sp³-hybridized carbons (Fsp3) is 0.769. The van der Waals surface area contributed by atoms with E-state index < -0.39 is 0 Å². The van der Waals surface area contributed by atoms with Crippen LogP contribution >= 0.6 is 0 Å². The number of piperidine rings is 1. The molecule has 1 heterocycles. The van der Waals surface area contributed by atoms with E-state index in [2.05, 4.69) is 12.2 Å². The lowest BCUT2D eigenvalue weighted by Gasteiger charge is -2.27. The van der Waals surface area contributed by atoms with Crippen LogP contribution in [0.4, 0.5) is 0 Å². The lowest BCUT2D eigenvalue weighted by Crippen LogP contribution is -2.39. The minimum Gasteiger partial charge on any atom is -0.342 e. The van der Waals surface area contributed by atoms with Gasteiger partial charge in [0, 0.05) is 19.2 Å². The minimum absolute atomic E-state index is 0.174. The van der Waals surface area contributed by atoms with Crippen LogP contribution in [0.15, 0.2) is 11.6 Å². The maximum atomic E-state index is 11.9. The molecule has 0 saturated carbocycles. The van der Waals surface area contributed by atoms with Gasteiger partial charge in [-0.25, -0.2) is 0 Å². The summed E-state index contributed by atoms with van der Waals surface area (Å²) in [6, 6.07) is 0. The maximum Gasteiger partial charge on any atom is 0.248 e. The number of carbonyl (C=O) groups is 1. The van der Waals surface area contributed by atoms with Crippen LogP contribution in [0.5, 0.6) is 0 Å². The summed E-state index contributed by atoms with van der Waals surface area (Å²) in [4.78, 5) is 13.8. The molecule has 3 heteroatoms. The average molecular weight is 224 g/mol. The minimum atomic E-state index is 0.174. The molecule has 1 N–H and O–H groups in total. The highest BCUT2D eigenvalue weighted by Crippen LogP contribution is 2.12. The number of nitrogens with one attached hydrogen (secondary N) is 1. The van der Waals surface area contributed by atoms with Gasteiger partial charge in [-0.1, -0.05) is 13.0 Å². The Kier molecular flexibility index (Phi) is 5.53. The van der Waals surface area contributed by atoms with Gasteiger partial charge in [-0.2, -0.15) is 0 Å². The monoisotopic (exact) mass is 224 g/mol. The summed E-state index contributed by atoms with van der Waals surface area (Å²) >= 11 is 0. The van der Waals surface area contributed by atoms with Crippen LogP contribution in [0.25, 0.3) is 0 Å². The fourth-order valence-corrected chi connectivity index (χ4v) is 2.24. The average Bonchev–Trinajstić information content (AvgIpc) is 2.29. The first-order valence-electron chi connectivity index (χ1n) is 6.28. The number of hydrogen-bond donors (Lipinski definition) is 1. The second kappa shape index (κ2) is 6.69. The van der Waals surface area contributed by atoms with E-state index in [0.717, 1.165) is 31.6 Å². The Bertz CT molecular complexity index is 255. The first-order valence-corrected chi connectivity index (χ1v) is 6.28. The van der Waals surface area contributed by atoms with Crippen molar-refractivity contribution in [3.63, 3.8) is 0 Å². The molecule has 1 saturated heterocycles. The molecule has 1 amide bonds. The largest absolute Gasteiger partial charge is 0.342 e. The predicted octanol–water partition coefficient (Wildman–Crippen LogP) is 1.80. The summed E-state index contributed by atoms with van der Waals surface area (Å²) in [7, 11) is 1.91. The first kappa shape index (κ1) is 13.2. The van der Waals surface area contributed by atoms with Gasteiger partial charge in [-0.15, -0.1) is 0 Å². The zero-order valence-corrected chi connectivity index (χ0v) is 10.8. The van der Waals surface area contributed by atoms with Crippen molar-refractivity contribution in [2.45, 2.75) is 33.1 Å². The van der Waals surface area contributed by atoms with Crippen LogP contribution in [-0.2, 0) is 4.79 Å². The molecular formula is C13H24N2O. The summed E-state index contributed by atoms with van der Waals surface area (Å²) in [5, 5.41) is 3.38. The Balaban J connectivity index is 2.41. The Hall–Kier alpha value is -0.830. The van der Waals surface area contributed by atoms with E-state index in [1.807, 2.05) is 24.9 Å². The zero-order valence-electron chi connectivity index (χ0n) is 10.8. The van der Waals surface area contributed by atoms with Gasteiger partial charge in [-0.3, -0.25) is 4.79 Å². The summed E-state index contributed by atoms with van der Waals surface area (Å²) in [6.45, 7) is 7.01. The van der Waals surface area contributed by atoms with Crippen molar-refractivity contribution in [1.29, 1.82) is 0 Å². The van der Waals surface area contributed by atoms with E-state index >= 15 is 0 Å². The maximum absolute atomic E-state index is 11.9. The highest BCUT2D eigenvalue weighted by Gasteiger charge is 2.18. The van der Waals surface area contributed by atoms with Crippen molar-refractivity contribution < 1.29 is 4.79 Å². The van der Waals surface area contributed by atoms with Crippen molar-refractivity contribution in [1.82, 2.24) is 10.2 Å². The van der Waals surface area contributed by atoms with Gasteiger partial charge >= 0.3 is 0 Å². The highest BCUT2D eigenvalue weighted by atomic mass is 16.2. The summed E-state index contributed by atoms with van der Waals surface area (Å²) in [5.41, 5.74) is 0.869. The molecule has 0 aromatic heterocycles. The van der Waals surface area contributed by atoms with Crippen molar-refractivity contribution in [3.05, 3.63) is 11.6 Å². The summed E-state index contributed by atoms with van der Waals surface area (Å²) < 4.78 is 0. The van der Waals surface area contributed by atoms with Gasteiger partial charge in [0.2, 0.25) is 5.91 Å². The number of nitrogens with zero attached hydrogens (tertiary/aromatic N) is 1. The molecule has 1 aliphatic rings. The Labute approximate surface area is 98.9 Å². The number of allylic oxidation sites excluding steroid dienone is 1. The third-order valence-electron chi connectivity index (χ3n) is 3.13. The predicted molar refractivity (Wildman–Crippen MR) is 67.3 cm³/mol. The third-order valence-corrected chi connectivity index (χ3v) is 3.13. The molecular weight excluding hydrogens is 200 g/mol. The topological polar surface area (TPSA) is 32.3 Å². The zero-order chi connectivity index (χ0) is 12.0. The number of carbonyl (C=O) groups excluding carboxylic acids is 1. The number of amides is 1. The van der Waals surface area contributed by atoms with Gasteiger partial charge in [0.25, 0.3) is 0 Å². The van der Waals surface area contributed by atoms with Crippen LogP contribution in [0.3, 0.4) is 0 Å². The normalized spacial score (nSPS) is 21.9. The molecule has 0 aliphatic carbocycles. The fourth-order valence-electron chi connectivity index (χ4n) is 2.24. The van der Waals surface area contributed by atoms with E-state index in [-0.39, 0.29) is 5.91 Å². The molecule has 0 bridgehead atoms. The molecule has 3 nitrogen and oxygen atoms in total. The molecule has 1 rings (SSSR count). The van der Waals surface area contributed by atoms with Gasteiger partial charge < -0.3 is 10.2 Å². The van der Waals surface area contributed by atoms with E-state index in [0.29, 0.717) is 5.92 Å². The molecule has 1 fully saturated rings. The van der Waals surface area contributed by atoms with Crippen molar-refractivity contribution in [3.8, 4) is 0 Å².